The van der Waals surface area contributed by atoms with Crippen LogP contribution in [0.25, 0.3) is 22.1 Å². The first kappa shape index (κ1) is 22.6. The Morgan fingerprint density at radius 3 is 2.61 bits per heavy atom. The van der Waals surface area contributed by atoms with E-state index in [2.05, 4.69) is 32.0 Å². The number of hydrogen-bond donors (Lipinski definition) is 2. The Kier molecular flexibility index (Phi) is 8.31. The van der Waals surface area contributed by atoms with E-state index in [1.54, 1.807) is 11.3 Å². The molecule has 0 radical (unpaired) electrons. The van der Waals surface area contributed by atoms with Crippen LogP contribution in [0.15, 0.2) is 48.1 Å². The number of likely N-dealkylation sites (tertiary alicyclic amines) is 1. The summed E-state index contributed by atoms with van der Waals surface area (Å²) in [4.78, 5) is 31.4. The summed E-state index contributed by atoms with van der Waals surface area (Å²) < 4.78 is 2.18. The summed E-state index contributed by atoms with van der Waals surface area (Å²) >= 11 is 1.63. The van der Waals surface area contributed by atoms with E-state index >= 15 is 0 Å². The molecule has 1 aliphatic heterocycles. The van der Waals surface area contributed by atoms with Crippen LogP contribution in [0, 0.1) is 5.92 Å². The highest BCUT2D eigenvalue weighted by atomic mass is 32.1. The minimum absolute atomic E-state index is 0.0558. The van der Waals surface area contributed by atoms with Crippen molar-refractivity contribution in [2.45, 2.75) is 25.8 Å². The van der Waals surface area contributed by atoms with E-state index in [9.17, 15) is 4.79 Å². The molecule has 2 aromatic heterocycles. The van der Waals surface area contributed by atoms with Gasteiger partial charge in [0, 0.05) is 35.8 Å². The van der Waals surface area contributed by atoms with Gasteiger partial charge in [-0.15, -0.1) is 11.3 Å². The Bertz CT molecular complexity index is 964. The quantitative estimate of drug-likeness (QED) is 0.545. The second kappa shape index (κ2) is 11.4. The smallest absolute Gasteiger partial charge is 0.290 e. The SMILES string of the molecule is NC(=O)C1CCN(CCCn2ccnc2-c2nc(-c3ccccc3)cs2)CC1.O=CO. The Labute approximate surface area is 185 Å². The first-order valence-corrected chi connectivity index (χ1v) is 11.1. The van der Waals surface area contributed by atoms with Gasteiger partial charge in [0.05, 0.1) is 5.69 Å². The standard InChI is InChI=1S/C21H25N5OS.CH2O2/c22-19(27)17-7-12-25(13-8-17)10-4-11-26-14-9-23-20(26)21-24-18(15-28-21)16-5-2-1-3-6-16;2-1-3/h1-3,5-6,9,14-15,17H,4,7-8,10-13H2,(H2,22,27);1H,(H,2,3). The topological polar surface area (TPSA) is 114 Å². The van der Waals surface area contributed by atoms with E-state index in [1.807, 2.05) is 30.6 Å². The number of primary amides is 1. The lowest BCUT2D eigenvalue weighted by atomic mass is 9.96. The number of aryl methyl sites for hydroxylation is 1. The van der Waals surface area contributed by atoms with E-state index in [0.29, 0.717) is 0 Å². The molecule has 3 heterocycles. The van der Waals surface area contributed by atoms with Crippen LogP contribution >= 0.6 is 11.3 Å². The number of rotatable bonds is 7. The number of hydrogen-bond acceptors (Lipinski definition) is 6. The Balaban J connectivity index is 0.000000858. The molecule has 0 atom stereocenters. The van der Waals surface area contributed by atoms with Crippen molar-refractivity contribution in [1.82, 2.24) is 19.4 Å². The summed E-state index contributed by atoms with van der Waals surface area (Å²) in [7, 11) is 0. The third-order valence-electron chi connectivity index (χ3n) is 5.34. The highest BCUT2D eigenvalue weighted by molar-refractivity contribution is 7.13. The van der Waals surface area contributed by atoms with Crippen molar-refractivity contribution in [3.63, 3.8) is 0 Å². The summed E-state index contributed by atoms with van der Waals surface area (Å²) in [5.41, 5.74) is 7.54. The second-order valence-corrected chi connectivity index (χ2v) is 8.18. The molecule has 0 unspecified atom stereocenters. The number of carbonyl (C=O) groups is 2. The average Bonchev–Trinajstić information content (AvgIpc) is 3.45. The predicted octanol–water partition coefficient (Wildman–Crippen LogP) is 2.96. The molecule has 1 saturated heterocycles. The summed E-state index contributed by atoms with van der Waals surface area (Å²) in [6.07, 6.45) is 6.68. The number of amides is 1. The normalized spacial score (nSPS) is 14.6. The summed E-state index contributed by atoms with van der Waals surface area (Å²) in [6.45, 7) is 3.59. The van der Waals surface area contributed by atoms with Crippen LogP contribution in [0.2, 0.25) is 0 Å². The lowest BCUT2D eigenvalue weighted by molar-refractivity contribution is -0.123. The lowest BCUT2D eigenvalue weighted by Gasteiger charge is -2.30. The molecule has 1 aliphatic rings. The number of carboxylic acid groups (broad SMARTS) is 1. The van der Waals surface area contributed by atoms with Crippen molar-refractivity contribution in [3.05, 3.63) is 48.1 Å². The number of aromatic nitrogens is 3. The van der Waals surface area contributed by atoms with Gasteiger partial charge < -0.3 is 20.3 Å². The van der Waals surface area contributed by atoms with Crippen LogP contribution in [0.1, 0.15) is 19.3 Å². The van der Waals surface area contributed by atoms with Crippen LogP contribution in [-0.2, 0) is 16.1 Å². The first-order valence-electron chi connectivity index (χ1n) is 10.2. The van der Waals surface area contributed by atoms with Crippen LogP contribution in [-0.4, -0.2) is 56.6 Å². The molecule has 31 heavy (non-hydrogen) atoms. The molecule has 0 bridgehead atoms. The molecule has 1 aromatic carbocycles. The fourth-order valence-electron chi connectivity index (χ4n) is 3.71. The number of piperidine rings is 1. The highest BCUT2D eigenvalue weighted by Crippen LogP contribution is 2.28. The van der Waals surface area contributed by atoms with Crippen LogP contribution in [0.3, 0.4) is 0 Å². The molecule has 3 aromatic rings. The molecule has 0 saturated carbocycles. The average molecular weight is 442 g/mol. The summed E-state index contributed by atoms with van der Waals surface area (Å²) in [5, 5.41) is 9.93. The zero-order valence-corrected chi connectivity index (χ0v) is 18.1. The van der Waals surface area contributed by atoms with Crippen LogP contribution in [0.4, 0.5) is 0 Å². The van der Waals surface area contributed by atoms with E-state index in [0.717, 1.165) is 67.5 Å². The molecular formula is C22H27N5O3S. The molecule has 164 valence electrons. The Morgan fingerprint density at radius 2 is 1.94 bits per heavy atom. The minimum atomic E-state index is -0.250. The second-order valence-electron chi connectivity index (χ2n) is 7.33. The number of nitrogens with zero attached hydrogens (tertiary/aromatic N) is 4. The Hall–Kier alpha value is -3.04. The fraction of sp³-hybridized carbons (Fsp3) is 0.364. The molecule has 3 N–H and O–H groups in total. The minimum Gasteiger partial charge on any atom is -0.483 e. The van der Waals surface area contributed by atoms with Gasteiger partial charge in [0.15, 0.2) is 10.8 Å². The maximum absolute atomic E-state index is 11.3. The van der Waals surface area contributed by atoms with Gasteiger partial charge in [-0.2, -0.15) is 0 Å². The van der Waals surface area contributed by atoms with Crippen molar-refractivity contribution in [1.29, 1.82) is 0 Å². The number of imidazole rings is 1. The summed E-state index contributed by atoms with van der Waals surface area (Å²) in [5.74, 6) is 0.834. The van der Waals surface area contributed by atoms with E-state index < -0.39 is 0 Å². The predicted molar refractivity (Wildman–Crippen MR) is 120 cm³/mol. The van der Waals surface area contributed by atoms with Crippen molar-refractivity contribution in [2.75, 3.05) is 19.6 Å². The highest BCUT2D eigenvalue weighted by Gasteiger charge is 2.22. The molecular weight excluding hydrogens is 414 g/mol. The van der Waals surface area contributed by atoms with Gasteiger partial charge in [-0.3, -0.25) is 9.59 Å². The zero-order chi connectivity index (χ0) is 22.1. The van der Waals surface area contributed by atoms with Gasteiger partial charge in [0.25, 0.3) is 6.47 Å². The number of carbonyl (C=O) groups excluding carboxylic acids is 1. The van der Waals surface area contributed by atoms with Crippen molar-refractivity contribution in [3.8, 4) is 22.1 Å². The molecule has 4 rings (SSSR count). The number of benzene rings is 1. The van der Waals surface area contributed by atoms with Gasteiger partial charge in [-0.1, -0.05) is 30.3 Å². The number of nitrogens with two attached hydrogens (primary N) is 1. The van der Waals surface area contributed by atoms with Gasteiger partial charge in [-0.25, -0.2) is 9.97 Å². The molecule has 1 fully saturated rings. The van der Waals surface area contributed by atoms with E-state index in [1.165, 1.54) is 0 Å². The zero-order valence-electron chi connectivity index (χ0n) is 17.3. The third-order valence-corrected chi connectivity index (χ3v) is 6.18. The molecule has 0 aliphatic carbocycles. The number of thiazole rings is 1. The monoisotopic (exact) mass is 441 g/mol. The maximum Gasteiger partial charge on any atom is 0.290 e. The van der Waals surface area contributed by atoms with Crippen LogP contribution in [0.5, 0.6) is 0 Å². The van der Waals surface area contributed by atoms with Gasteiger partial charge in [-0.05, 0) is 38.9 Å². The molecule has 0 spiro atoms. The fourth-order valence-corrected chi connectivity index (χ4v) is 4.55. The van der Waals surface area contributed by atoms with Gasteiger partial charge >= 0.3 is 0 Å². The van der Waals surface area contributed by atoms with Crippen molar-refractivity contribution in [2.24, 2.45) is 11.7 Å². The Morgan fingerprint density at radius 1 is 1.23 bits per heavy atom. The largest absolute Gasteiger partial charge is 0.483 e. The van der Waals surface area contributed by atoms with Crippen LogP contribution < -0.4 is 5.73 Å². The van der Waals surface area contributed by atoms with Crippen molar-refractivity contribution >= 4 is 23.7 Å². The lowest BCUT2D eigenvalue weighted by Crippen LogP contribution is -2.39. The summed E-state index contributed by atoms with van der Waals surface area (Å²) in [6, 6.07) is 10.2. The van der Waals surface area contributed by atoms with Gasteiger partial charge in [0.2, 0.25) is 5.91 Å². The molecule has 9 heteroatoms. The maximum atomic E-state index is 11.3. The van der Waals surface area contributed by atoms with E-state index in [-0.39, 0.29) is 18.3 Å². The van der Waals surface area contributed by atoms with Crippen molar-refractivity contribution < 1.29 is 14.7 Å². The first-order chi connectivity index (χ1) is 15.1. The molecule has 8 nitrogen and oxygen atoms in total. The van der Waals surface area contributed by atoms with E-state index in [4.69, 9.17) is 20.6 Å². The third kappa shape index (κ3) is 6.22. The molecule has 1 amide bonds. The van der Waals surface area contributed by atoms with Gasteiger partial charge in [0.1, 0.15) is 0 Å².